The number of hydrogen-bond donors (Lipinski definition) is 0. The van der Waals surface area contributed by atoms with Crippen LogP contribution in [0.2, 0.25) is 0 Å². The second-order valence-corrected chi connectivity index (χ2v) is 11.8. The predicted molar refractivity (Wildman–Crippen MR) is 198 cm³/mol. The van der Waals surface area contributed by atoms with Crippen molar-refractivity contribution in [2.24, 2.45) is 0 Å². The van der Waals surface area contributed by atoms with Gasteiger partial charge in [-0.15, -0.1) is 0 Å². The Morgan fingerprint density at radius 3 is 1.29 bits per heavy atom. The lowest BCUT2D eigenvalue weighted by atomic mass is 9.97. The number of rotatable bonds is 7. The second-order valence-electron chi connectivity index (χ2n) is 11.8. The number of hydrogen-bond acceptors (Lipinski definition) is 3. The van der Waals surface area contributed by atoms with Crippen LogP contribution in [0.15, 0.2) is 188 Å². The maximum atomic E-state index is 5.14. The molecule has 0 atom stereocenters. The normalized spacial score (nSPS) is 10.9. The van der Waals surface area contributed by atoms with E-state index in [-0.39, 0.29) is 0 Å². The van der Waals surface area contributed by atoms with Crippen LogP contribution in [0, 0.1) is 0 Å². The topological polar surface area (TPSA) is 38.7 Å². The van der Waals surface area contributed by atoms with E-state index in [0.717, 1.165) is 50.3 Å². The maximum Gasteiger partial charge on any atom is 0.160 e. The van der Waals surface area contributed by atoms with E-state index in [9.17, 15) is 0 Å². The number of benzene rings is 6. The number of nitrogens with zero attached hydrogens (tertiary/aromatic N) is 3. The van der Waals surface area contributed by atoms with Crippen molar-refractivity contribution >= 4 is 0 Å². The number of aromatic nitrogens is 3. The van der Waals surface area contributed by atoms with Crippen molar-refractivity contribution in [3.05, 3.63) is 188 Å². The molecule has 0 bridgehead atoms. The minimum Gasteiger partial charge on any atom is -0.264 e. The van der Waals surface area contributed by atoms with E-state index in [0.29, 0.717) is 5.82 Å². The van der Waals surface area contributed by atoms with Crippen molar-refractivity contribution in [1.82, 2.24) is 15.0 Å². The highest BCUT2D eigenvalue weighted by molar-refractivity contribution is 5.79. The molecule has 0 fully saturated rings. The summed E-state index contributed by atoms with van der Waals surface area (Å²) in [6, 6.07) is 61.4. The molecule has 0 aliphatic carbocycles. The Hall–Kier alpha value is -6.45. The molecule has 2 heterocycles. The van der Waals surface area contributed by atoms with Crippen LogP contribution in [-0.2, 0) is 0 Å². The van der Waals surface area contributed by atoms with Gasteiger partial charge in [0.25, 0.3) is 0 Å². The van der Waals surface area contributed by atoms with E-state index in [1.54, 1.807) is 6.20 Å². The largest absolute Gasteiger partial charge is 0.264 e. The van der Waals surface area contributed by atoms with Gasteiger partial charge in [-0.2, -0.15) is 0 Å². The van der Waals surface area contributed by atoms with Crippen LogP contribution < -0.4 is 0 Å². The minimum atomic E-state index is 0.684. The maximum absolute atomic E-state index is 5.14. The zero-order valence-electron chi connectivity index (χ0n) is 26.2. The van der Waals surface area contributed by atoms with Gasteiger partial charge in [-0.05, 0) is 68.8 Å². The molecule has 8 rings (SSSR count). The lowest BCUT2D eigenvalue weighted by molar-refractivity contribution is 1.18. The van der Waals surface area contributed by atoms with Crippen LogP contribution in [0.25, 0.3) is 78.4 Å². The highest BCUT2D eigenvalue weighted by Gasteiger charge is 2.13. The molecule has 8 aromatic rings. The monoisotopic (exact) mass is 613 g/mol. The molecule has 0 aliphatic rings. The molecule has 6 aromatic carbocycles. The van der Waals surface area contributed by atoms with E-state index in [4.69, 9.17) is 9.97 Å². The quantitative estimate of drug-likeness (QED) is 0.179. The summed E-state index contributed by atoms with van der Waals surface area (Å²) in [6.07, 6.45) is 3.67. The van der Waals surface area contributed by atoms with Gasteiger partial charge in [0.1, 0.15) is 0 Å². The number of pyridine rings is 1. The van der Waals surface area contributed by atoms with Gasteiger partial charge in [0.05, 0.1) is 11.4 Å². The summed E-state index contributed by atoms with van der Waals surface area (Å²) in [5, 5.41) is 0. The fourth-order valence-corrected chi connectivity index (χ4v) is 6.05. The molecule has 0 saturated carbocycles. The summed E-state index contributed by atoms with van der Waals surface area (Å²) in [7, 11) is 0. The summed E-state index contributed by atoms with van der Waals surface area (Å²) < 4.78 is 0. The van der Waals surface area contributed by atoms with E-state index in [1.807, 2.05) is 24.4 Å². The fraction of sp³-hybridized carbons (Fsp3) is 0. The van der Waals surface area contributed by atoms with Crippen LogP contribution >= 0.6 is 0 Å². The first-order valence-electron chi connectivity index (χ1n) is 16.1. The molecule has 0 N–H and O–H groups in total. The third kappa shape index (κ3) is 6.18. The molecule has 226 valence electrons. The SMILES string of the molecule is c1ccc(-c2ccc(-c3cc(-c4cccc(-c5cccc(-c6ccccc6)c5)c4)nc(-c4ccc(-c5cccnc5)cc4)n3)cc2)cc1. The Morgan fingerprint density at radius 2 is 0.688 bits per heavy atom. The van der Waals surface area contributed by atoms with Crippen molar-refractivity contribution in [3.8, 4) is 78.4 Å². The fourth-order valence-electron chi connectivity index (χ4n) is 6.05. The van der Waals surface area contributed by atoms with E-state index < -0.39 is 0 Å². The lowest BCUT2D eigenvalue weighted by Crippen LogP contribution is -1.96. The van der Waals surface area contributed by atoms with Gasteiger partial charge in [-0.3, -0.25) is 4.98 Å². The van der Waals surface area contributed by atoms with Gasteiger partial charge in [0, 0.05) is 29.1 Å². The third-order valence-electron chi connectivity index (χ3n) is 8.61. The average Bonchev–Trinajstić information content (AvgIpc) is 3.19. The Kier molecular flexibility index (Phi) is 7.92. The zero-order chi connectivity index (χ0) is 32.1. The van der Waals surface area contributed by atoms with Crippen molar-refractivity contribution in [3.63, 3.8) is 0 Å². The highest BCUT2D eigenvalue weighted by Crippen LogP contribution is 2.33. The standard InChI is InChI=1S/C45H31N3/c1-3-10-32(11-4-1)34-19-23-36(24-20-34)43-30-44(48-45(47-43)37-25-21-35(22-26-37)42-18-9-27-46-31-42)41-17-8-16-40(29-41)39-15-7-14-38(28-39)33-12-5-2-6-13-33/h1-31H. The summed E-state index contributed by atoms with van der Waals surface area (Å²) in [5.74, 6) is 0.684. The molecule has 0 amide bonds. The summed E-state index contributed by atoms with van der Waals surface area (Å²) >= 11 is 0. The second kappa shape index (κ2) is 13.1. The lowest BCUT2D eigenvalue weighted by Gasteiger charge is -2.12. The first kappa shape index (κ1) is 29.0. The van der Waals surface area contributed by atoms with Crippen molar-refractivity contribution in [2.75, 3.05) is 0 Å². The molecule has 48 heavy (non-hydrogen) atoms. The first-order valence-corrected chi connectivity index (χ1v) is 16.1. The van der Waals surface area contributed by atoms with Crippen LogP contribution in [0.5, 0.6) is 0 Å². The first-order chi connectivity index (χ1) is 23.8. The van der Waals surface area contributed by atoms with Gasteiger partial charge in [0.15, 0.2) is 5.82 Å². The molecular weight excluding hydrogens is 583 g/mol. The Bertz CT molecular complexity index is 2200. The minimum absolute atomic E-state index is 0.684. The third-order valence-corrected chi connectivity index (χ3v) is 8.61. The van der Waals surface area contributed by atoms with E-state index in [1.165, 1.54) is 22.3 Å². The Balaban J connectivity index is 1.20. The summed E-state index contributed by atoms with van der Waals surface area (Å²) in [4.78, 5) is 14.5. The van der Waals surface area contributed by atoms with E-state index in [2.05, 4.69) is 163 Å². The molecule has 0 aliphatic heterocycles. The van der Waals surface area contributed by atoms with Gasteiger partial charge in [0.2, 0.25) is 0 Å². The molecule has 0 spiro atoms. The zero-order valence-corrected chi connectivity index (χ0v) is 26.2. The van der Waals surface area contributed by atoms with E-state index >= 15 is 0 Å². The molecule has 3 heteroatoms. The molecule has 0 radical (unpaired) electrons. The molecule has 2 aromatic heterocycles. The summed E-state index contributed by atoms with van der Waals surface area (Å²) in [6.45, 7) is 0. The highest BCUT2D eigenvalue weighted by atomic mass is 14.9. The van der Waals surface area contributed by atoms with Crippen molar-refractivity contribution < 1.29 is 0 Å². The van der Waals surface area contributed by atoms with Crippen LogP contribution in [-0.4, -0.2) is 15.0 Å². The Labute approximate surface area is 280 Å². The molecule has 0 saturated heterocycles. The van der Waals surface area contributed by atoms with Crippen molar-refractivity contribution in [2.45, 2.75) is 0 Å². The Morgan fingerprint density at radius 1 is 0.271 bits per heavy atom. The van der Waals surface area contributed by atoms with Crippen LogP contribution in [0.3, 0.4) is 0 Å². The predicted octanol–water partition coefficient (Wildman–Crippen LogP) is 11.5. The molecule has 0 unspecified atom stereocenters. The van der Waals surface area contributed by atoms with Gasteiger partial charge >= 0.3 is 0 Å². The van der Waals surface area contributed by atoms with Gasteiger partial charge < -0.3 is 0 Å². The van der Waals surface area contributed by atoms with Crippen molar-refractivity contribution in [1.29, 1.82) is 0 Å². The summed E-state index contributed by atoms with van der Waals surface area (Å²) in [5.41, 5.74) is 14.0. The van der Waals surface area contributed by atoms with Gasteiger partial charge in [-0.25, -0.2) is 9.97 Å². The van der Waals surface area contributed by atoms with Crippen LogP contribution in [0.1, 0.15) is 0 Å². The molecular formula is C45H31N3. The van der Waals surface area contributed by atoms with Gasteiger partial charge in [-0.1, -0.05) is 152 Å². The average molecular weight is 614 g/mol. The smallest absolute Gasteiger partial charge is 0.160 e. The molecule has 3 nitrogen and oxygen atoms in total. The van der Waals surface area contributed by atoms with Crippen LogP contribution in [0.4, 0.5) is 0 Å².